The van der Waals surface area contributed by atoms with Crippen molar-refractivity contribution in [3.8, 4) is 0 Å². The standard InChI is InChI=1S/C13H27N3O2/c1-6-9(4)7-10(5)15-13(17)11(8(2)3)12(14)16-18/h8-11,18H,6-7H2,1-5H3,(H2,14,16)(H,15,17). The summed E-state index contributed by atoms with van der Waals surface area (Å²) in [5.74, 6) is -0.206. The Bertz CT molecular complexity index is 290. The van der Waals surface area contributed by atoms with Crippen molar-refractivity contribution in [2.45, 2.75) is 53.5 Å². The van der Waals surface area contributed by atoms with Crippen LogP contribution in [0.1, 0.15) is 47.5 Å². The van der Waals surface area contributed by atoms with Crippen LogP contribution in [0.25, 0.3) is 0 Å². The van der Waals surface area contributed by atoms with Gasteiger partial charge in [0.2, 0.25) is 5.91 Å². The Balaban J connectivity index is 4.52. The van der Waals surface area contributed by atoms with Crippen LogP contribution >= 0.6 is 0 Å². The molecule has 0 rings (SSSR count). The molecule has 0 saturated heterocycles. The summed E-state index contributed by atoms with van der Waals surface area (Å²) in [6.07, 6.45) is 2.03. The molecule has 0 saturated carbocycles. The lowest BCUT2D eigenvalue weighted by atomic mass is 9.93. The third kappa shape index (κ3) is 5.38. The summed E-state index contributed by atoms with van der Waals surface area (Å²) in [6, 6.07) is 0.0974. The fourth-order valence-electron chi connectivity index (χ4n) is 2.00. The average molecular weight is 257 g/mol. The number of nitrogens with two attached hydrogens (primary N) is 1. The number of rotatable bonds is 7. The molecule has 4 N–H and O–H groups in total. The highest BCUT2D eigenvalue weighted by Crippen LogP contribution is 2.14. The van der Waals surface area contributed by atoms with Crippen molar-refractivity contribution in [3.05, 3.63) is 0 Å². The van der Waals surface area contributed by atoms with Gasteiger partial charge in [-0.2, -0.15) is 0 Å². The van der Waals surface area contributed by atoms with Crippen LogP contribution in [-0.4, -0.2) is 23.0 Å². The highest BCUT2D eigenvalue weighted by Gasteiger charge is 2.27. The highest BCUT2D eigenvalue weighted by atomic mass is 16.4. The minimum Gasteiger partial charge on any atom is -0.409 e. The summed E-state index contributed by atoms with van der Waals surface area (Å²) in [6.45, 7) is 10.0. The molecular weight excluding hydrogens is 230 g/mol. The molecule has 0 aromatic heterocycles. The molecule has 0 radical (unpaired) electrons. The lowest BCUT2D eigenvalue weighted by molar-refractivity contribution is -0.124. The van der Waals surface area contributed by atoms with Crippen LogP contribution < -0.4 is 11.1 Å². The first-order chi connectivity index (χ1) is 8.33. The zero-order valence-electron chi connectivity index (χ0n) is 12.1. The Labute approximate surface area is 110 Å². The molecule has 0 fully saturated rings. The first kappa shape index (κ1) is 16.7. The molecule has 5 heteroatoms. The zero-order valence-corrected chi connectivity index (χ0v) is 12.1. The van der Waals surface area contributed by atoms with Gasteiger partial charge in [0.1, 0.15) is 5.92 Å². The van der Waals surface area contributed by atoms with Gasteiger partial charge in [-0.15, -0.1) is 0 Å². The Hall–Kier alpha value is -1.26. The van der Waals surface area contributed by atoms with Gasteiger partial charge in [-0.1, -0.05) is 39.3 Å². The van der Waals surface area contributed by atoms with Gasteiger partial charge < -0.3 is 16.3 Å². The lowest BCUT2D eigenvalue weighted by Crippen LogP contribution is -2.45. The SMILES string of the molecule is CCC(C)CC(C)NC(=O)C(C(N)=NO)C(C)C. The van der Waals surface area contributed by atoms with Gasteiger partial charge in [-0.25, -0.2) is 0 Å². The molecular formula is C13H27N3O2. The van der Waals surface area contributed by atoms with E-state index in [9.17, 15) is 4.79 Å². The van der Waals surface area contributed by atoms with Crippen LogP contribution in [0.5, 0.6) is 0 Å². The van der Waals surface area contributed by atoms with E-state index in [1.165, 1.54) is 0 Å². The number of nitrogens with zero attached hydrogens (tertiary/aromatic N) is 1. The molecule has 0 bridgehead atoms. The number of hydrogen-bond donors (Lipinski definition) is 3. The van der Waals surface area contributed by atoms with E-state index in [4.69, 9.17) is 10.9 Å². The van der Waals surface area contributed by atoms with Crippen molar-refractivity contribution in [3.63, 3.8) is 0 Å². The van der Waals surface area contributed by atoms with Crippen LogP contribution in [0.15, 0.2) is 5.16 Å². The molecule has 0 aliphatic heterocycles. The fraction of sp³-hybridized carbons (Fsp3) is 0.846. The van der Waals surface area contributed by atoms with Gasteiger partial charge in [-0.3, -0.25) is 4.79 Å². The molecule has 0 aliphatic rings. The number of carbonyl (C=O) groups excluding carboxylic acids is 1. The van der Waals surface area contributed by atoms with Crippen LogP contribution in [0.3, 0.4) is 0 Å². The third-order valence-electron chi connectivity index (χ3n) is 3.22. The molecule has 3 unspecified atom stereocenters. The van der Waals surface area contributed by atoms with Crippen molar-refractivity contribution in [2.24, 2.45) is 28.6 Å². The van der Waals surface area contributed by atoms with Gasteiger partial charge in [0.05, 0.1) is 0 Å². The Morgan fingerprint density at radius 2 is 1.89 bits per heavy atom. The molecule has 106 valence electrons. The molecule has 0 aromatic rings. The number of carbonyl (C=O) groups is 1. The molecule has 0 aliphatic carbocycles. The summed E-state index contributed by atoms with van der Waals surface area (Å²) in [7, 11) is 0. The normalized spacial score (nSPS) is 17.3. The Morgan fingerprint density at radius 1 is 1.33 bits per heavy atom. The maximum atomic E-state index is 12.1. The average Bonchev–Trinajstić information content (AvgIpc) is 2.27. The largest absolute Gasteiger partial charge is 0.409 e. The minimum atomic E-state index is -0.575. The van der Waals surface area contributed by atoms with E-state index in [1.54, 1.807) is 0 Å². The van der Waals surface area contributed by atoms with Gasteiger partial charge in [0.15, 0.2) is 5.84 Å². The van der Waals surface area contributed by atoms with Crippen molar-refractivity contribution in [2.75, 3.05) is 0 Å². The number of amidine groups is 1. The Morgan fingerprint density at radius 3 is 2.28 bits per heavy atom. The van der Waals surface area contributed by atoms with Crippen molar-refractivity contribution >= 4 is 11.7 Å². The molecule has 5 nitrogen and oxygen atoms in total. The molecule has 3 atom stereocenters. The summed E-state index contributed by atoms with van der Waals surface area (Å²) >= 11 is 0. The maximum absolute atomic E-state index is 12.1. The zero-order chi connectivity index (χ0) is 14.3. The number of oxime groups is 1. The van der Waals surface area contributed by atoms with E-state index >= 15 is 0 Å². The summed E-state index contributed by atoms with van der Waals surface area (Å²) < 4.78 is 0. The Kier molecular flexibility index (Phi) is 7.39. The minimum absolute atomic E-state index is 0.00306. The first-order valence-electron chi connectivity index (χ1n) is 6.61. The number of nitrogens with one attached hydrogen (secondary N) is 1. The van der Waals surface area contributed by atoms with E-state index in [1.807, 2.05) is 20.8 Å². The second-order valence-electron chi connectivity index (χ2n) is 5.41. The van der Waals surface area contributed by atoms with E-state index < -0.39 is 5.92 Å². The monoisotopic (exact) mass is 257 g/mol. The smallest absolute Gasteiger partial charge is 0.231 e. The summed E-state index contributed by atoms with van der Waals surface area (Å²) in [4.78, 5) is 12.1. The lowest BCUT2D eigenvalue weighted by Gasteiger charge is -2.23. The van der Waals surface area contributed by atoms with E-state index in [2.05, 4.69) is 24.3 Å². The quantitative estimate of drug-likeness (QED) is 0.282. The van der Waals surface area contributed by atoms with Gasteiger partial charge in [0.25, 0.3) is 0 Å². The molecule has 1 amide bonds. The summed E-state index contributed by atoms with van der Waals surface area (Å²) in [5, 5.41) is 14.6. The van der Waals surface area contributed by atoms with Crippen molar-refractivity contribution < 1.29 is 10.0 Å². The van der Waals surface area contributed by atoms with Crippen LogP contribution in [0.4, 0.5) is 0 Å². The number of hydrogen-bond acceptors (Lipinski definition) is 3. The van der Waals surface area contributed by atoms with Gasteiger partial charge in [-0.05, 0) is 25.2 Å². The van der Waals surface area contributed by atoms with Gasteiger partial charge in [0, 0.05) is 6.04 Å². The van der Waals surface area contributed by atoms with Crippen molar-refractivity contribution in [1.29, 1.82) is 0 Å². The van der Waals surface area contributed by atoms with Crippen LogP contribution in [-0.2, 0) is 4.79 Å². The molecule has 0 aromatic carbocycles. The first-order valence-corrected chi connectivity index (χ1v) is 6.61. The van der Waals surface area contributed by atoms with E-state index in [-0.39, 0.29) is 23.7 Å². The second-order valence-corrected chi connectivity index (χ2v) is 5.41. The highest BCUT2D eigenvalue weighted by molar-refractivity contribution is 6.02. The van der Waals surface area contributed by atoms with Crippen LogP contribution in [0, 0.1) is 17.8 Å². The molecule has 0 heterocycles. The van der Waals surface area contributed by atoms with E-state index in [0.717, 1.165) is 12.8 Å². The second kappa shape index (κ2) is 7.95. The van der Waals surface area contributed by atoms with E-state index in [0.29, 0.717) is 5.92 Å². The fourth-order valence-corrected chi connectivity index (χ4v) is 2.00. The number of amides is 1. The van der Waals surface area contributed by atoms with Gasteiger partial charge >= 0.3 is 0 Å². The van der Waals surface area contributed by atoms with Crippen molar-refractivity contribution in [1.82, 2.24) is 5.32 Å². The maximum Gasteiger partial charge on any atom is 0.231 e. The predicted octanol–water partition coefficient (Wildman–Crippen LogP) is 1.95. The molecule has 18 heavy (non-hydrogen) atoms. The topological polar surface area (TPSA) is 87.7 Å². The predicted molar refractivity (Wildman–Crippen MR) is 73.4 cm³/mol. The third-order valence-corrected chi connectivity index (χ3v) is 3.22. The molecule has 0 spiro atoms. The van der Waals surface area contributed by atoms with Crippen LogP contribution in [0.2, 0.25) is 0 Å². The summed E-state index contributed by atoms with van der Waals surface area (Å²) in [5.41, 5.74) is 5.56.